The van der Waals surface area contributed by atoms with E-state index >= 15 is 0 Å². The number of para-hydroxylation sites is 1. The Kier molecular flexibility index (Phi) is 3.84. The summed E-state index contributed by atoms with van der Waals surface area (Å²) in [6.07, 6.45) is 0. The molecule has 1 N–H and O–H groups in total. The summed E-state index contributed by atoms with van der Waals surface area (Å²) in [5.41, 5.74) is 1.24. The first-order valence-corrected chi connectivity index (χ1v) is 8.42. The van der Waals surface area contributed by atoms with Crippen LogP contribution in [0.25, 0.3) is 0 Å². The lowest BCUT2D eigenvalue weighted by molar-refractivity contribution is 0.172. The van der Waals surface area contributed by atoms with Crippen molar-refractivity contribution in [2.75, 3.05) is 17.9 Å². The van der Waals surface area contributed by atoms with Crippen LogP contribution in [-0.2, 0) is 10.0 Å². The summed E-state index contributed by atoms with van der Waals surface area (Å²) < 4.78 is 38.7. The average Bonchev–Trinajstić information content (AvgIpc) is 2.54. The summed E-state index contributed by atoms with van der Waals surface area (Å²) in [7, 11) is -3.80. The average molecular weight is 330 g/mol. The number of fused-ring (bicyclic) bond motifs is 1. The molecule has 23 heavy (non-hydrogen) atoms. The zero-order valence-corrected chi connectivity index (χ0v) is 13.2. The van der Waals surface area contributed by atoms with Gasteiger partial charge in [-0.15, -0.1) is 0 Å². The van der Waals surface area contributed by atoms with Gasteiger partial charge in [0.2, 0.25) is 0 Å². The van der Waals surface area contributed by atoms with Crippen LogP contribution in [0.1, 0.15) is 11.1 Å². The van der Waals surface area contributed by atoms with E-state index in [1.807, 2.05) is 6.07 Å². The smallest absolute Gasteiger partial charge is 0.262 e. The molecule has 0 fully saturated rings. The molecule has 0 atom stereocenters. The molecule has 1 aliphatic heterocycles. The minimum absolute atomic E-state index is 0.117. The van der Waals surface area contributed by atoms with E-state index in [9.17, 15) is 8.42 Å². The molecule has 2 aromatic rings. The van der Waals surface area contributed by atoms with Crippen LogP contribution in [0.2, 0.25) is 0 Å². The number of nitrogens with one attached hydrogen (secondary N) is 1. The van der Waals surface area contributed by atoms with Crippen LogP contribution in [-0.4, -0.2) is 21.6 Å². The summed E-state index contributed by atoms with van der Waals surface area (Å²) in [5, 5.41) is 8.88. The predicted octanol–water partition coefficient (Wildman–Crippen LogP) is 2.44. The lowest BCUT2D eigenvalue weighted by Crippen LogP contribution is -2.19. The van der Waals surface area contributed by atoms with Crippen molar-refractivity contribution in [3.8, 4) is 17.6 Å². The highest BCUT2D eigenvalue weighted by Crippen LogP contribution is 2.38. The van der Waals surface area contributed by atoms with Gasteiger partial charge in [0.05, 0.1) is 22.2 Å². The van der Waals surface area contributed by atoms with E-state index < -0.39 is 10.0 Å². The van der Waals surface area contributed by atoms with Gasteiger partial charge in [-0.25, -0.2) is 8.42 Å². The lowest BCUT2D eigenvalue weighted by Gasteiger charge is -2.21. The topological polar surface area (TPSA) is 88.4 Å². The predicted molar refractivity (Wildman–Crippen MR) is 84.1 cm³/mol. The number of nitrogens with zero attached hydrogens (tertiary/aromatic N) is 1. The highest BCUT2D eigenvalue weighted by molar-refractivity contribution is 7.92. The van der Waals surface area contributed by atoms with Crippen LogP contribution in [0.15, 0.2) is 41.3 Å². The van der Waals surface area contributed by atoms with Gasteiger partial charge in [0, 0.05) is 0 Å². The van der Waals surface area contributed by atoms with E-state index in [1.165, 1.54) is 18.2 Å². The van der Waals surface area contributed by atoms with Gasteiger partial charge in [0.1, 0.15) is 13.2 Å². The molecule has 3 rings (SSSR count). The quantitative estimate of drug-likeness (QED) is 0.934. The van der Waals surface area contributed by atoms with Crippen molar-refractivity contribution in [3.63, 3.8) is 0 Å². The minimum atomic E-state index is -3.80. The number of nitriles is 1. The molecule has 7 heteroatoms. The first-order chi connectivity index (χ1) is 11.0. The molecule has 0 saturated heterocycles. The fourth-order valence-corrected chi connectivity index (χ4v) is 3.66. The monoisotopic (exact) mass is 330 g/mol. The third kappa shape index (κ3) is 2.94. The Labute approximate surface area is 134 Å². The number of aryl methyl sites for hydroxylation is 1. The Bertz CT molecular complexity index is 901. The summed E-state index contributed by atoms with van der Waals surface area (Å²) >= 11 is 0. The van der Waals surface area contributed by atoms with Crippen LogP contribution < -0.4 is 14.2 Å². The van der Waals surface area contributed by atoms with Crippen molar-refractivity contribution >= 4 is 15.7 Å². The third-order valence-electron chi connectivity index (χ3n) is 3.40. The van der Waals surface area contributed by atoms with Crippen LogP contribution in [0.5, 0.6) is 11.5 Å². The number of benzene rings is 2. The van der Waals surface area contributed by atoms with Crippen molar-refractivity contribution in [2.24, 2.45) is 0 Å². The highest BCUT2D eigenvalue weighted by atomic mass is 32.2. The summed E-state index contributed by atoms with van der Waals surface area (Å²) in [5.74, 6) is 0.890. The van der Waals surface area contributed by atoms with E-state index in [1.54, 1.807) is 25.1 Å². The maximum absolute atomic E-state index is 12.6. The molecule has 0 bridgehead atoms. The summed E-state index contributed by atoms with van der Waals surface area (Å²) in [6, 6.07) is 11.4. The molecule has 1 aliphatic rings. The van der Waals surface area contributed by atoms with Gasteiger partial charge < -0.3 is 9.47 Å². The normalized spacial score (nSPS) is 13.2. The zero-order valence-electron chi connectivity index (χ0n) is 12.4. The Morgan fingerprint density at radius 2 is 1.96 bits per heavy atom. The lowest BCUT2D eigenvalue weighted by atomic mass is 10.2. The molecule has 0 aliphatic carbocycles. The molecule has 6 nitrogen and oxygen atoms in total. The van der Waals surface area contributed by atoms with Gasteiger partial charge in [-0.05, 0) is 42.8 Å². The van der Waals surface area contributed by atoms with Gasteiger partial charge in [-0.2, -0.15) is 5.26 Å². The Balaban J connectivity index is 1.98. The first kappa shape index (κ1) is 15.2. The van der Waals surface area contributed by atoms with Gasteiger partial charge in [0.25, 0.3) is 10.0 Å². The summed E-state index contributed by atoms with van der Waals surface area (Å²) in [4.78, 5) is 0.117. The number of hydrogen-bond acceptors (Lipinski definition) is 5. The molecule has 0 amide bonds. The number of sulfonamides is 1. The first-order valence-electron chi connectivity index (χ1n) is 6.93. The SMILES string of the molecule is Cc1cc(C#N)ccc1S(=O)(=O)Nc1cccc2c1OCCO2. The maximum Gasteiger partial charge on any atom is 0.262 e. The molecule has 0 aromatic heterocycles. The van der Waals surface area contributed by atoms with E-state index in [0.717, 1.165) is 0 Å². The molecule has 0 spiro atoms. The second kappa shape index (κ2) is 5.82. The Morgan fingerprint density at radius 3 is 2.70 bits per heavy atom. The molecular weight excluding hydrogens is 316 g/mol. The standard InChI is InChI=1S/C16H14N2O4S/c1-11-9-12(10-17)5-6-15(11)23(19,20)18-13-3-2-4-14-16(13)22-8-7-21-14/h2-6,9,18H,7-8H2,1H3. The van der Waals surface area contributed by atoms with Gasteiger partial charge in [-0.3, -0.25) is 4.72 Å². The second-order valence-electron chi connectivity index (χ2n) is 5.03. The third-order valence-corrected chi connectivity index (χ3v) is 4.93. The van der Waals surface area contributed by atoms with E-state index in [-0.39, 0.29) is 4.90 Å². The van der Waals surface area contributed by atoms with Crippen LogP contribution in [0.4, 0.5) is 5.69 Å². The highest BCUT2D eigenvalue weighted by Gasteiger charge is 2.22. The van der Waals surface area contributed by atoms with Crippen molar-refractivity contribution in [1.82, 2.24) is 0 Å². The van der Waals surface area contributed by atoms with E-state index in [0.29, 0.717) is 41.5 Å². The Morgan fingerprint density at radius 1 is 1.17 bits per heavy atom. The van der Waals surface area contributed by atoms with Crippen molar-refractivity contribution in [2.45, 2.75) is 11.8 Å². The summed E-state index contributed by atoms with van der Waals surface area (Å²) in [6.45, 7) is 2.44. The maximum atomic E-state index is 12.6. The minimum Gasteiger partial charge on any atom is -0.486 e. The number of ether oxygens (including phenoxy) is 2. The zero-order chi connectivity index (χ0) is 16.4. The van der Waals surface area contributed by atoms with Crippen molar-refractivity contribution in [1.29, 1.82) is 5.26 Å². The largest absolute Gasteiger partial charge is 0.486 e. The fraction of sp³-hybridized carbons (Fsp3) is 0.188. The molecular formula is C16H14N2O4S. The fourth-order valence-electron chi connectivity index (χ4n) is 2.37. The van der Waals surface area contributed by atoms with Crippen LogP contribution >= 0.6 is 0 Å². The molecule has 0 unspecified atom stereocenters. The van der Waals surface area contributed by atoms with E-state index in [4.69, 9.17) is 14.7 Å². The van der Waals surface area contributed by atoms with Gasteiger partial charge >= 0.3 is 0 Å². The molecule has 2 aromatic carbocycles. The number of anilines is 1. The van der Waals surface area contributed by atoms with Crippen LogP contribution in [0.3, 0.4) is 0 Å². The number of rotatable bonds is 3. The van der Waals surface area contributed by atoms with Crippen molar-refractivity contribution < 1.29 is 17.9 Å². The van der Waals surface area contributed by atoms with Gasteiger partial charge in [0.15, 0.2) is 11.5 Å². The van der Waals surface area contributed by atoms with E-state index in [2.05, 4.69) is 4.72 Å². The molecule has 0 saturated carbocycles. The second-order valence-corrected chi connectivity index (χ2v) is 6.68. The number of hydrogen-bond donors (Lipinski definition) is 1. The molecule has 118 valence electrons. The molecule has 1 heterocycles. The molecule has 0 radical (unpaired) electrons. The van der Waals surface area contributed by atoms with Crippen molar-refractivity contribution in [3.05, 3.63) is 47.5 Å². The Hall–Kier alpha value is -2.72. The van der Waals surface area contributed by atoms with Crippen LogP contribution in [0, 0.1) is 18.3 Å². The van der Waals surface area contributed by atoms with Gasteiger partial charge in [-0.1, -0.05) is 6.07 Å².